The summed E-state index contributed by atoms with van der Waals surface area (Å²) in [5.74, 6) is -4.61. The first-order valence-corrected chi connectivity index (χ1v) is 6.93. The first kappa shape index (κ1) is 15.3. The second-order valence-corrected chi connectivity index (χ2v) is 5.05. The molecule has 0 saturated carbocycles. The topological polar surface area (TPSA) is 86.0 Å². The number of halogens is 3. The molecule has 3 N–H and O–H groups in total. The van der Waals surface area contributed by atoms with Crippen molar-refractivity contribution >= 4 is 11.9 Å². The fraction of sp³-hybridized carbons (Fsp3) is 0.357. The monoisotopic (exact) mass is 325 g/mol. The van der Waals surface area contributed by atoms with Crippen molar-refractivity contribution in [2.24, 2.45) is 0 Å². The van der Waals surface area contributed by atoms with Crippen LogP contribution in [-0.2, 0) is 5.92 Å². The van der Waals surface area contributed by atoms with Gasteiger partial charge in [0.15, 0.2) is 6.67 Å². The van der Waals surface area contributed by atoms with Crippen LogP contribution in [0.2, 0.25) is 0 Å². The Morgan fingerprint density at radius 2 is 2.04 bits per heavy atom. The van der Waals surface area contributed by atoms with Crippen molar-refractivity contribution in [2.75, 3.05) is 24.3 Å². The van der Waals surface area contributed by atoms with E-state index < -0.39 is 24.4 Å². The smallest absolute Gasteiger partial charge is 0.334 e. The van der Waals surface area contributed by atoms with Crippen molar-refractivity contribution in [1.82, 2.24) is 15.0 Å². The van der Waals surface area contributed by atoms with Crippen molar-refractivity contribution in [1.29, 1.82) is 0 Å². The van der Waals surface area contributed by atoms with Crippen LogP contribution in [0, 0.1) is 0 Å². The highest BCUT2D eigenvalue weighted by molar-refractivity contribution is 5.43. The van der Waals surface area contributed by atoms with Gasteiger partial charge in [-0.1, -0.05) is 18.2 Å². The molecule has 0 fully saturated rings. The quantitative estimate of drug-likeness (QED) is 0.898. The Labute approximate surface area is 129 Å². The van der Waals surface area contributed by atoms with Crippen LogP contribution in [0.15, 0.2) is 24.3 Å². The van der Waals surface area contributed by atoms with E-state index in [4.69, 9.17) is 10.5 Å². The lowest BCUT2D eigenvalue weighted by atomic mass is 10.0. The lowest BCUT2D eigenvalue weighted by Gasteiger charge is -2.26. The Bertz CT molecular complexity index is 713. The number of nitrogens with zero attached hydrogens (tertiary/aromatic N) is 3. The summed E-state index contributed by atoms with van der Waals surface area (Å²) in [6.07, 6.45) is 0.595. The van der Waals surface area contributed by atoms with E-state index in [0.29, 0.717) is 18.8 Å². The molecule has 0 unspecified atom stereocenters. The van der Waals surface area contributed by atoms with Gasteiger partial charge in [0.25, 0.3) is 0 Å². The number of alkyl halides is 3. The summed E-state index contributed by atoms with van der Waals surface area (Å²) in [7, 11) is 0. The third-order valence-corrected chi connectivity index (χ3v) is 3.41. The molecule has 122 valence electrons. The predicted molar refractivity (Wildman–Crippen MR) is 77.0 cm³/mol. The van der Waals surface area contributed by atoms with Crippen molar-refractivity contribution in [2.45, 2.75) is 18.4 Å². The van der Waals surface area contributed by atoms with Gasteiger partial charge in [0.1, 0.15) is 5.75 Å². The number of nitrogens with two attached hydrogens (primary N) is 1. The number of nitrogens with one attached hydrogen (secondary N) is 1. The van der Waals surface area contributed by atoms with Gasteiger partial charge in [0, 0.05) is 12.0 Å². The summed E-state index contributed by atoms with van der Waals surface area (Å²) in [5, 5.41) is 2.94. The van der Waals surface area contributed by atoms with Crippen LogP contribution in [0.5, 0.6) is 5.75 Å². The number of aromatic nitrogens is 3. The zero-order chi connectivity index (χ0) is 16.4. The lowest BCUT2D eigenvalue weighted by molar-refractivity contribution is -0.0364. The number of benzene rings is 1. The van der Waals surface area contributed by atoms with Gasteiger partial charge in [-0.2, -0.15) is 23.7 Å². The summed E-state index contributed by atoms with van der Waals surface area (Å²) in [6.45, 7) is -1.45. The minimum Gasteiger partial charge on any atom is -0.493 e. The van der Waals surface area contributed by atoms with Crippen LogP contribution < -0.4 is 15.8 Å². The number of anilines is 2. The lowest BCUT2D eigenvalue weighted by Crippen LogP contribution is -2.25. The minimum absolute atomic E-state index is 0.123. The van der Waals surface area contributed by atoms with E-state index in [9.17, 15) is 13.2 Å². The molecule has 0 saturated heterocycles. The van der Waals surface area contributed by atoms with Crippen LogP contribution >= 0.6 is 0 Å². The second-order valence-electron chi connectivity index (χ2n) is 5.05. The van der Waals surface area contributed by atoms with Gasteiger partial charge in [-0.3, -0.25) is 0 Å². The Balaban J connectivity index is 1.90. The average molecular weight is 325 g/mol. The van der Waals surface area contributed by atoms with Gasteiger partial charge >= 0.3 is 5.92 Å². The molecule has 0 aliphatic carbocycles. The van der Waals surface area contributed by atoms with Crippen LogP contribution in [0.1, 0.15) is 23.9 Å². The van der Waals surface area contributed by atoms with Gasteiger partial charge in [0.05, 0.1) is 12.6 Å². The van der Waals surface area contributed by atoms with Gasteiger partial charge < -0.3 is 15.8 Å². The first-order chi connectivity index (χ1) is 11.0. The second kappa shape index (κ2) is 5.90. The molecule has 1 aromatic carbocycles. The Morgan fingerprint density at radius 1 is 1.26 bits per heavy atom. The number of rotatable bonds is 4. The molecular weight excluding hydrogens is 311 g/mol. The number of nitrogen functional groups attached to an aromatic ring is 1. The average Bonchev–Trinajstić information content (AvgIpc) is 2.55. The molecular formula is C14H14F3N5O. The molecule has 1 aliphatic rings. The normalized spacial score (nSPS) is 17.3. The SMILES string of the molecule is Nc1nc(N[C@@H]2CCOc3ccccc32)nc(C(F)(F)CF)n1. The molecule has 23 heavy (non-hydrogen) atoms. The molecule has 3 rings (SSSR count). The number of ether oxygens (including phenoxy) is 1. The fourth-order valence-electron chi connectivity index (χ4n) is 2.33. The molecule has 9 heteroatoms. The van der Waals surface area contributed by atoms with E-state index in [1.54, 1.807) is 0 Å². The molecule has 1 atom stereocenters. The highest BCUT2D eigenvalue weighted by Crippen LogP contribution is 2.34. The van der Waals surface area contributed by atoms with Crippen LogP contribution in [-0.4, -0.2) is 28.2 Å². The number of para-hydroxylation sites is 1. The summed E-state index contributed by atoms with van der Waals surface area (Å²) in [6, 6.07) is 7.12. The highest BCUT2D eigenvalue weighted by Gasteiger charge is 2.36. The largest absolute Gasteiger partial charge is 0.493 e. The molecule has 1 aromatic heterocycles. The zero-order valence-corrected chi connectivity index (χ0v) is 12.0. The molecule has 1 aliphatic heterocycles. The van der Waals surface area contributed by atoms with Crippen molar-refractivity contribution < 1.29 is 17.9 Å². The summed E-state index contributed by atoms with van der Waals surface area (Å²) < 4.78 is 44.8. The van der Waals surface area contributed by atoms with Crippen LogP contribution in [0.25, 0.3) is 0 Å². The Morgan fingerprint density at radius 3 is 2.83 bits per heavy atom. The first-order valence-electron chi connectivity index (χ1n) is 6.93. The van der Waals surface area contributed by atoms with Gasteiger partial charge in [-0.05, 0) is 6.07 Å². The standard InChI is InChI=1S/C14H14F3N5O/c15-7-14(16,17)11-20-12(18)22-13(21-11)19-9-5-6-23-10-4-2-1-3-8(9)10/h1-4,9H,5-7H2,(H3,18,19,20,21,22)/t9-/m1/s1. The Hall–Kier alpha value is -2.58. The van der Waals surface area contributed by atoms with E-state index in [1.165, 1.54) is 0 Å². The minimum atomic E-state index is -3.80. The molecule has 6 nitrogen and oxygen atoms in total. The maximum Gasteiger partial charge on any atom is 0.334 e. The van der Waals surface area contributed by atoms with Crippen molar-refractivity contribution in [3.05, 3.63) is 35.7 Å². The number of fused-ring (bicyclic) bond motifs is 1. The summed E-state index contributed by atoms with van der Waals surface area (Å²) >= 11 is 0. The van der Waals surface area contributed by atoms with Crippen LogP contribution in [0.3, 0.4) is 0 Å². The molecule has 0 spiro atoms. The van der Waals surface area contributed by atoms with Gasteiger partial charge in [-0.15, -0.1) is 0 Å². The Kier molecular flexibility index (Phi) is 3.93. The zero-order valence-electron chi connectivity index (χ0n) is 12.0. The van der Waals surface area contributed by atoms with Crippen molar-refractivity contribution in [3.63, 3.8) is 0 Å². The number of hydrogen-bond acceptors (Lipinski definition) is 6. The van der Waals surface area contributed by atoms with Crippen LogP contribution in [0.4, 0.5) is 25.1 Å². The molecule has 0 radical (unpaired) electrons. The van der Waals surface area contributed by atoms with E-state index in [2.05, 4.69) is 20.3 Å². The van der Waals surface area contributed by atoms with Gasteiger partial charge in [0.2, 0.25) is 17.7 Å². The maximum atomic E-state index is 13.4. The maximum absolute atomic E-state index is 13.4. The van der Waals surface area contributed by atoms with E-state index in [1.807, 2.05) is 24.3 Å². The number of hydrogen-bond donors (Lipinski definition) is 2. The van der Waals surface area contributed by atoms with Crippen molar-refractivity contribution in [3.8, 4) is 5.75 Å². The fourth-order valence-corrected chi connectivity index (χ4v) is 2.33. The predicted octanol–water partition coefficient (Wildman–Crippen LogP) is 2.45. The third-order valence-electron chi connectivity index (χ3n) is 3.41. The molecule has 2 aromatic rings. The molecule has 0 amide bonds. The third kappa shape index (κ3) is 3.13. The van der Waals surface area contributed by atoms with E-state index in [-0.39, 0.29) is 12.0 Å². The molecule has 0 bridgehead atoms. The van der Waals surface area contributed by atoms with Gasteiger partial charge in [-0.25, -0.2) is 4.39 Å². The molecule has 2 heterocycles. The van der Waals surface area contributed by atoms with E-state index >= 15 is 0 Å². The highest BCUT2D eigenvalue weighted by atomic mass is 19.3. The summed E-state index contributed by atoms with van der Waals surface area (Å²) in [5.41, 5.74) is 6.29. The van der Waals surface area contributed by atoms with E-state index in [0.717, 1.165) is 5.56 Å². The summed E-state index contributed by atoms with van der Waals surface area (Å²) in [4.78, 5) is 10.7.